The Bertz CT molecular complexity index is 2450. The molecule has 3 aromatic rings. The van der Waals surface area contributed by atoms with Gasteiger partial charge in [0.15, 0.2) is 11.5 Å². The van der Waals surface area contributed by atoms with Gasteiger partial charge in [0, 0.05) is 51.4 Å². The van der Waals surface area contributed by atoms with Gasteiger partial charge in [0.2, 0.25) is 5.91 Å². The molecule has 5 rings (SSSR count). The predicted molar refractivity (Wildman–Crippen MR) is 268 cm³/mol. The van der Waals surface area contributed by atoms with Crippen molar-refractivity contribution in [2.24, 2.45) is 0 Å². The molecule has 1 aromatic carbocycles. The number of rotatable bonds is 32. The first-order valence-corrected chi connectivity index (χ1v) is 24.3. The van der Waals surface area contributed by atoms with Crippen LogP contribution in [0.15, 0.2) is 36.7 Å². The van der Waals surface area contributed by atoms with Crippen LogP contribution in [-0.2, 0) is 44.4 Å². The molecule has 4 heterocycles. The number of carboxylic acid groups (broad SMARTS) is 1. The summed E-state index contributed by atoms with van der Waals surface area (Å²) in [6.07, 6.45) is 7.18. The lowest BCUT2D eigenvalue weighted by atomic mass is 9.98. The summed E-state index contributed by atoms with van der Waals surface area (Å²) in [6, 6.07) is 7.76. The quantitative estimate of drug-likeness (QED) is 0.0457. The number of hydrogen-bond donors (Lipinski definition) is 4. The average molecular weight is 973 g/mol. The van der Waals surface area contributed by atoms with Gasteiger partial charge >= 0.3 is 5.97 Å². The number of allylic oxidation sites excluding steroid dienone is 4. The zero-order chi connectivity index (χ0) is 50.1. The molecule has 70 heavy (non-hydrogen) atoms. The Morgan fingerprint density at radius 2 is 1.14 bits per heavy atom. The fourth-order valence-corrected chi connectivity index (χ4v) is 7.95. The van der Waals surface area contributed by atoms with Crippen molar-refractivity contribution < 1.29 is 57.7 Å². The molecule has 0 saturated heterocycles. The number of aliphatic carboxylic acids is 1. The standard InChI is InChI=1S/C52H72N6O12/c1-7-37-38(8-2)42-30-44-40(12-10-16-59)36(4)48(58-44)34-55-46-32-50(70-28-26-68-24-22-66-20-18-64-6)49(69-27-25-67-23-21-65-19-17-63-5)31-45(46)54-33-47-35(3)39(43(57-47)29-41(37)56-42)11-9-15-53-51(60)13-14-52(61)62/h29-34,57,59H,7-28H2,1-6H3,(H,53,60)(H,61,62). The highest BCUT2D eigenvalue weighted by Crippen LogP contribution is 2.38. The van der Waals surface area contributed by atoms with E-state index < -0.39 is 5.97 Å². The van der Waals surface area contributed by atoms with E-state index >= 15 is 0 Å². The van der Waals surface area contributed by atoms with Crippen molar-refractivity contribution in [3.63, 3.8) is 0 Å². The normalized spacial score (nSPS) is 12.4. The molecule has 0 saturated carbocycles. The van der Waals surface area contributed by atoms with Crippen LogP contribution in [0.2, 0.25) is 0 Å². The van der Waals surface area contributed by atoms with Crippen molar-refractivity contribution in [1.29, 1.82) is 0 Å². The molecule has 1 amide bonds. The number of methoxy groups -OCH3 is 2. The first-order chi connectivity index (χ1) is 34.1. The molecule has 0 spiro atoms. The monoisotopic (exact) mass is 973 g/mol. The molecule has 0 radical (unpaired) electrons. The lowest BCUT2D eigenvalue weighted by Crippen LogP contribution is -2.25. The van der Waals surface area contributed by atoms with Gasteiger partial charge in [0.1, 0.15) is 13.2 Å². The summed E-state index contributed by atoms with van der Waals surface area (Å²) in [5.41, 5.74) is 12.1. The molecule has 2 aliphatic rings. The Kier molecular flexibility index (Phi) is 23.9. The van der Waals surface area contributed by atoms with E-state index in [2.05, 4.69) is 36.3 Å². The Labute approximate surface area is 410 Å². The molecule has 18 heteroatoms. The van der Waals surface area contributed by atoms with Crippen LogP contribution in [0.3, 0.4) is 0 Å². The minimum Gasteiger partial charge on any atom is -0.487 e. The molecule has 2 aliphatic heterocycles. The third kappa shape index (κ3) is 16.8. The third-order valence-corrected chi connectivity index (χ3v) is 11.7. The number of amides is 1. The van der Waals surface area contributed by atoms with E-state index in [4.69, 9.17) is 62.9 Å². The van der Waals surface area contributed by atoms with E-state index in [1.807, 2.05) is 13.8 Å². The van der Waals surface area contributed by atoms with Crippen LogP contribution in [0.4, 0.5) is 0 Å². The second-order valence-electron chi connectivity index (χ2n) is 16.5. The largest absolute Gasteiger partial charge is 0.487 e. The first-order valence-electron chi connectivity index (χ1n) is 24.3. The van der Waals surface area contributed by atoms with Crippen molar-refractivity contribution in [2.75, 3.05) is 107 Å². The number of aliphatic hydroxyl groups excluding tert-OH is 1. The number of carbonyl (C=O) groups is 2. The van der Waals surface area contributed by atoms with Gasteiger partial charge in [-0.15, -0.1) is 0 Å². The van der Waals surface area contributed by atoms with Gasteiger partial charge in [-0.05, 0) is 97.9 Å². The number of carbonyl (C=O) groups excluding carboxylic acids is 1. The van der Waals surface area contributed by atoms with Gasteiger partial charge in [0.25, 0.3) is 0 Å². The number of aliphatic hydroxyl groups is 1. The van der Waals surface area contributed by atoms with Gasteiger partial charge < -0.3 is 58.4 Å². The molecule has 18 nitrogen and oxygen atoms in total. The second kappa shape index (κ2) is 30.2. The first kappa shape index (κ1) is 55.3. The van der Waals surface area contributed by atoms with Crippen molar-refractivity contribution in [2.45, 2.75) is 79.1 Å². The smallest absolute Gasteiger partial charge is 0.303 e. The molecule has 0 atom stereocenters. The number of nitrogens with zero attached hydrogens (tertiary/aromatic N) is 4. The summed E-state index contributed by atoms with van der Waals surface area (Å²) in [5, 5.41) is 21.8. The molecule has 382 valence electrons. The van der Waals surface area contributed by atoms with E-state index in [-0.39, 0.29) is 38.6 Å². The van der Waals surface area contributed by atoms with Crippen LogP contribution in [0.5, 0.6) is 11.5 Å². The topological polar surface area (TPSA) is 228 Å². The number of ether oxygens (including phenoxy) is 8. The van der Waals surface area contributed by atoms with Crippen LogP contribution in [0, 0.1) is 6.92 Å². The summed E-state index contributed by atoms with van der Waals surface area (Å²) < 4.78 is 45.4. The Morgan fingerprint density at radius 1 is 0.614 bits per heavy atom. The van der Waals surface area contributed by atoms with Gasteiger partial charge in [-0.3, -0.25) is 19.6 Å². The lowest BCUT2D eigenvalue weighted by molar-refractivity contribution is -0.138. The number of aromatic amines is 1. The molecule has 0 fully saturated rings. The van der Waals surface area contributed by atoms with E-state index in [1.54, 1.807) is 38.7 Å². The fourth-order valence-electron chi connectivity index (χ4n) is 7.95. The Balaban J connectivity index is 1.64. The maximum absolute atomic E-state index is 12.4. The van der Waals surface area contributed by atoms with Crippen molar-refractivity contribution >= 4 is 56.2 Å². The Hall–Kier alpha value is -5.60. The van der Waals surface area contributed by atoms with E-state index in [9.17, 15) is 14.7 Å². The maximum Gasteiger partial charge on any atom is 0.303 e. The highest BCUT2D eigenvalue weighted by atomic mass is 16.6. The molecule has 0 unspecified atom stereocenters. The summed E-state index contributed by atoms with van der Waals surface area (Å²) >= 11 is 0. The lowest BCUT2D eigenvalue weighted by Gasteiger charge is -2.14. The summed E-state index contributed by atoms with van der Waals surface area (Å²) in [5.74, 6) is -0.437. The zero-order valence-electron chi connectivity index (χ0n) is 41.8. The van der Waals surface area contributed by atoms with Gasteiger partial charge in [-0.25, -0.2) is 9.97 Å². The summed E-state index contributed by atoms with van der Waals surface area (Å²) in [6.45, 7) is 13.4. The minimum absolute atomic E-state index is 0.0412. The molecule has 2 aromatic heterocycles. The number of carboxylic acids is 1. The number of H-pyrrole nitrogens is 1. The number of aryl methyl sites for hydroxylation is 2. The highest BCUT2D eigenvalue weighted by Gasteiger charge is 2.22. The number of fused-ring (bicyclic) bond motifs is 7. The maximum atomic E-state index is 12.4. The van der Waals surface area contributed by atoms with Crippen LogP contribution in [0.1, 0.15) is 99.6 Å². The van der Waals surface area contributed by atoms with E-state index in [0.717, 1.165) is 74.4 Å². The summed E-state index contributed by atoms with van der Waals surface area (Å²) in [4.78, 5) is 47.5. The van der Waals surface area contributed by atoms with Crippen molar-refractivity contribution in [1.82, 2.24) is 30.2 Å². The number of nitrogens with one attached hydrogen (secondary N) is 2. The molecular formula is C52H72N6O12. The van der Waals surface area contributed by atoms with E-state index in [0.29, 0.717) is 127 Å². The van der Waals surface area contributed by atoms with E-state index in [1.165, 1.54) is 0 Å². The fraction of sp³-hybridized carbons (Fsp3) is 0.538. The second-order valence-corrected chi connectivity index (χ2v) is 16.5. The van der Waals surface area contributed by atoms with Crippen LogP contribution in [-0.4, -0.2) is 154 Å². The van der Waals surface area contributed by atoms with Crippen molar-refractivity contribution in [3.05, 3.63) is 70.6 Å². The SMILES string of the molecule is CCC1=C(CC)c2cc3[nH]c(cnc4cc(OCCOCCOCCOC)c(OCCOCCOCCOC)cc4ncc4nc(cc1n2)C(CCCO)=C4C)c(C)c3CCCNC(=O)CCC(=O)O. The molecule has 0 aliphatic carbocycles. The Morgan fingerprint density at radius 3 is 1.70 bits per heavy atom. The predicted octanol–water partition coefficient (Wildman–Crippen LogP) is 7.11. The third-order valence-electron chi connectivity index (χ3n) is 11.7. The number of hydrogen-bond acceptors (Lipinski definition) is 15. The van der Waals surface area contributed by atoms with Gasteiger partial charge in [-0.1, -0.05) is 13.8 Å². The minimum atomic E-state index is -1.01. The molecule has 6 bridgehead atoms. The average Bonchev–Trinajstić information content (AvgIpc) is 3.95. The summed E-state index contributed by atoms with van der Waals surface area (Å²) in [7, 11) is 3.26. The molecular weight excluding hydrogens is 901 g/mol. The van der Waals surface area contributed by atoms with Gasteiger partial charge in [-0.2, -0.15) is 0 Å². The number of benzene rings is 1. The van der Waals surface area contributed by atoms with Gasteiger partial charge in [0.05, 0.1) is 124 Å². The zero-order valence-corrected chi connectivity index (χ0v) is 41.8. The molecule has 4 N–H and O–H groups in total. The van der Waals surface area contributed by atoms with Crippen LogP contribution < -0.4 is 14.8 Å². The number of aromatic nitrogens is 5. The van der Waals surface area contributed by atoms with Crippen LogP contribution in [0.25, 0.3) is 44.4 Å². The highest BCUT2D eigenvalue weighted by molar-refractivity contribution is 5.95. The van der Waals surface area contributed by atoms with Crippen molar-refractivity contribution in [3.8, 4) is 11.5 Å². The van der Waals surface area contributed by atoms with Crippen LogP contribution >= 0.6 is 0 Å².